The summed E-state index contributed by atoms with van der Waals surface area (Å²) in [6.45, 7) is 1.74. The molecule has 2 heterocycles. The van der Waals surface area contributed by atoms with E-state index in [0.29, 0.717) is 21.4 Å². The fourth-order valence-corrected chi connectivity index (χ4v) is 2.33. The predicted molar refractivity (Wildman–Crippen MR) is 69.0 cm³/mol. The maximum Gasteiger partial charge on any atom is 0.251 e. The molecule has 0 aliphatic heterocycles. The van der Waals surface area contributed by atoms with Crippen molar-refractivity contribution < 1.29 is 0 Å². The van der Waals surface area contributed by atoms with Gasteiger partial charge in [-0.15, -0.1) is 0 Å². The molecule has 0 spiro atoms. The molecule has 6 nitrogen and oxygen atoms in total. The number of hydrogen-bond donors (Lipinski definition) is 3. The molecule has 0 aliphatic carbocycles. The molecule has 0 saturated carbocycles. The van der Waals surface area contributed by atoms with Crippen molar-refractivity contribution >= 4 is 17.6 Å². The number of aromatic amines is 1. The van der Waals surface area contributed by atoms with Gasteiger partial charge in [0.1, 0.15) is 11.5 Å². The average Bonchev–Trinajstić information content (AvgIpc) is 2.27. The zero-order valence-corrected chi connectivity index (χ0v) is 10.4. The highest BCUT2D eigenvalue weighted by Gasteiger charge is 2.09. The van der Waals surface area contributed by atoms with E-state index in [-0.39, 0.29) is 11.4 Å². The van der Waals surface area contributed by atoms with E-state index in [4.69, 9.17) is 11.1 Å². The Morgan fingerprint density at radius 2 is 2.33 bits per heavy atom. The van der Waals surface area contributed by atoms with Crippen LogP contribution < -0.4 is 11.3 Å². The monoisotopic (exact) mass is 261 g/mol. The van der Waals surface area contributed by atoms with Crippen molar-refractivity contribution in [3.63, 3.8) is 0 Å². The van der Waals surface area contributed by atoms with Gasteiger partial charge in [-0.05, 0) is 30.8 Å². The second kappa shape index (κ2) is 5.01. The molecule has 0 atom stereocenters. The highest BCUT2D eigenvalue weighted by molar-refractivity contribution is 7.99. The number of amidine groups is 1. The standard InChI is InChI=1S/C11H11N5OS/c1-6-5-8(17)16-11(15-6)18-7-3-2-4-14-9(7)10(12)13/h2-5H,1H3,(H3,12,13)(H,15,16,17). The predicted octanol–water partition coefficient (Wildman–Crippen LogP) is 0.909. The van der Waals surface area contributed by atoms with Crippen LogP contribution in [0.15, 0.2) is 39.2 Å². The largest absolute Gasteiger partial charge is 0.382 e. The van der Waals surface area contributed by atoms with E-state index in [1.807, 2.05) is 0 Å². The Balaban J connectivity index is 2.40. The molecular formula is C11H11N5OS. The maximum atomic E-state index is 11.3. The minimum Gasteiger partial charge on any atom is -0.382 e. The number of nitrogen functional groups attached to an aromatic ring is 1. The van der Waals surface area contributed by atoms with Crippen LogP contribution in [0, 0.1) is 12.3 Å². The van der Waals surface area contributed by atoms with Gasteiger partial charge in [0.25, 0.3) is 5.56 Å². The van der Waals surface area contributed by atoms with Gasteiger partial charge in [-0.1, -0.05) is 0 Å². The highest BCUT2D eigenvalue weighted by Crippen LogP contribution is 2.25. The number of aromatic nitrogens is 3. The van der Waals surface area contributed by atoms with Gasteiger partial charge < -0.3 is 10.7 Å². The lowest BCUT2D eigenvalue weighted by atomic mass is 10.3. The number of nitrogens with two attached hydrogens (primary N) is 1. The Bertz CT molecular complexity index is 652. The molecule has 0 aliphatic rings. The first-order chi connectivity index (χ1) is 8.56. The van der Waals surface area contributed by atoms with E-state index in [0.717, 1.165) is 0 Å². The fourth-order valence-electron chi connectivity index (χ4n) is 1.38. The molecule has 92 valence electrons. The second-order valence-corrected chi connectivity index (χ2v) is 4.59. The molecule has 2 rings (SSSR count). The van der Waals surface area contributed by atoms with Gasteiger partial charge in [-0.2, -0.15) is 0 Å². The van der Waals surface area contributed by atoms with E-state index in [2.05, 4.69) is 15.0 Å². The smallest absolute Gasteiger partial charge is 0.251 e. The summed E-state index contributed by atoms with van der Waals surface area (Å²) in [5.74, 6) is -0.117. The summed E-state index contributed by atoms with van der Waals surface area (Å²) in [4.78, 5) is 22.9. The van der Waals surface area contributed by atoms with Gasteiger partial charge in [-0.25, -0.2) is 4.98 Å². The van der Waals surface area contributed by atoms with Crippen molar-refractivity contribution in [1.82, 2.24) is 15.0 Å². The lowest BCUT2D eigenvalue weighted by Crippen LogP contribution is -2.14. The van der Waals surface area contributed by atoms with E-state index >= 15 is 0 Å². The van der Waals surface area contributed by atoms with Crippen LogP contribution in [0.3, 0.4) is 0 Å². The lowest BCUT2D eigenvalue weighted by molar-refractivity contribution is 0.904. The molecule has 0 fully saturated rings. The molecule has 0 amide bonds. The van der Waals surface area contributed by atoms with Crippen LogP contribution >= 0.6 is 11.8 Å². The summed E-state index contributed by atoms with van der Waals surface area (Å²) in [6.07, 6.45) is 1.56. The molecule has 0 saturated heterocycles. The van der Waals surface area contributed by atoms with Crippen LogP contribution in [-0.4, -0.2) is 20.8 Å². The summed E-state index contributed by atoms with van der Waals surface area (Å²) >= 11 is 1.22. The molecular weight excluding hydrogens is 250 g/mol. The van der Waals surface area contributed by atoms with Crippen LogP contribution in [0.1, 0.15) is 11.4 Å². The van der Waals surface area contributed by atoms with E-state index < -0.39 is 0 Å². The zero-order chi connectivity index (χ0) is 13.1. The van der Waals surface area contributed by atoms with Gasteiger partial charge in [-0.3, -0.25) is 15.2 Å². The highest BCUT2D eigenvalue weighted by atomic mass is 32.2. The fraction of sp³-hybridized carbons (Fsp3) is 0.0909. The second-order valence-electron chi connectivity index (χ2n) is 3.56. The lowest BCUT2D eigenvalue weighted by Gasteiger charge is -2.05. The van der Waals surface area contributed by atoms with E-state index in [9.17, 15) is 4.79 Å². The molecule has 4 N–H and O–H groups in total. The first-order valence-electron chi connectivity index (χ1n) is 5.11. The van der Waals surface area contributed by atoms with E-state index in [1.165, 1.54) is 17.8 Å². The van der Waals surface area contributed by atoms with Gasteiger partial charge in [0.05, 0.1) is 0 Å². The number of H-pyrrole nitrogens is 1. The molecule has 2 aromatic heterocycles. The van der Waals surface area contributed by atoms with Gasteiger partial charge >= 0.3 is 0 Å². The van der Waals surface area contributed by atoms with Crippen LogP contribution in [0.4, 0.5) is 0 Å². The number of rotatable bonds is 3. The van der Waals surface area contributed by atoms with Crippen LogP contribution in [0.5, 0.6) is 0 Å². The van der Waals surface area contributed by atoms with Crippen LogP contribution in [0.2, 0.25) is 0 Å². The minimum absolute atomic E-state index is 0.117. The van der Waals surface area contributed by atoms with Crippen molar-refractivity contribution in [2.75, 3.05) is 0 Å². The zero-order valence-electron chi connectivity index (χ0n) is 9.60. The third-order valence-electron chi connectivity index (χ3n) is 2.08. The van der Waals surface area contributed by atoms with Crippen molar-refractivity contribution in [3.05, 3.63) is 46.1 Å². The number of nitrogens with zero attached hydrogens (tertiary/aromatic N) is 2. The SMILES string of the molecule is Cc1cc(=O)[nH]c(Sc2cccnc2C(=N)N)n1. The average molecular weight is 261 g/mol. The summed E-state index contributed by atoms with van der Waals surface area (Å²) in [7, 11) is 0. The molecule has 0 radical (unpaired) electrons. The molecule has 18 heavy (non-hydrogen) atoms. The maximum absolute atomic E-state index is 11.3. The Kier molecular flexibility index (Phi) is 3.42. The van der Waals surface area contributed by atoms with Gasteiger partial charge in [0.15, 0.2) is 5.16 Å². The molecule has 7 heteroatoms. The van der Waals surface area contributed by atoms with E-state index in [1.54, 1.807) is 25.3 Å². The summed E-state index contributed by atoms with van der Waals surface area (Å²) in [5.41, 5.74) is 6.25. The van der Waals surface area contributed by atoms with Crippen molar-refractivity contribution in [1.29, 1.82) is 5.41 Å². The number of pyridine rings is 1. The third kappa shape index (κ3) is 2.75. The third-order valence-corrected chi connectivity index (χ3v) is 3.02. The Labute approximate surface area is 107 Å². The summed E-state index contributed by atoms with van der Waals surface area (Å²) in [6, 6.07) is 4.93. The molecule has 2 aromatic rings. The number of aryl methyl sites for hydroxylation is 1. The van der Waals surface area contributed by atoms with Crippen LogP contribution in [-0.2, 0) is 0 Å². The van der Waals surface area contributed by atoms with Crippen molar-refractivity contribution in [2.45, 2.75) is 17.0 Å². The molecule has 0 bridgehead atoms. The van der Waals surface area contributed by atoms with Crippen molar-refractivity contribution in [3.8, 4) is 0 Å². The summed E-state index contributed by atoms with van der Waals surface area (Å²) in [5, 5.41) is 7.89. The molecule has 0 aromatic carbocycles. The Hall–Kier alpha value is -2.15. The topological polar surface area (TPSA) is 109 Å². The van der Waals surface area contributed by atoms with Crippen molar-refractivity contribution in [2.24, 2.45) is 5.73 Å². The number of nitrogens with one attached hydrogen (secondary N) is 2. The first-order valence-corrected chi connectivity index (χ1v) is 5.93. The quantitative estimate of drug-likeness (QED) is 0.432. The molecule has 0 unspecified atom stereocenters. The summed E-state index contributed by atoms with van der Waals surface area (Å²) < 4.78 is 0. The minimum atomic E-state index is -0.210. The Morgan fingerprint density at radius 3 is 3.00 bits per heavy atom. The number of hydrogen-bond acceptors (Lipinski definition) is 5. The van der Waals surface area contributed by atoms with Crippen LogP contribution in [0.25, 0.3) is 0 Å². The normalized spacial score (nSPS) is 10.3. The first kappa shape index (κ1) is 12.3. The van der Waals surface area contributed by atoms with Gasteiger partial charge in [0, 0.05) is 22.9 Å². The Morgan fingerprint density at radius 1 is 1.56 bits per heavy atom. The van der Waals surface area contributed by atoms with Gasteiger partial charge in [0.2, 0.25) is 0 Å².